The Labute approximate surface area is 114 Å². The molecule has 0 saturated heterocycles. The summed E-state index contributed by atoms with van der Waals surface area (Å²) in [5, 5.41) is 3.64. The second-order valence-electron chi connectivity index (χ2n) is 5.83. The highest BCUT2D eigenvalue weighted by Crippen LogP contribution is 2.24. The highest BCUT2D eigenvalue weighted by Gasteiger charge is 2.28. The maximum atomic E-state index is 6.24. The minimum absolute atomic E-state index is 0.441. The van der Waals surface area contributed by atoms with Crippen molar-refractivity contribution >= 4 is 0 Å². The molecule has 0 aliphatic heterocycles. The van der Waals surface area contributed by atoms with Crippen molar-refractivity contribution in [1.29, 1.82) is 0 Å². The van der Waals surface area contributed by atoms with Crippen molar-refractivity contribution in [1.82, 2.24) is 5.32 Å². The fourth-order valence-electron chi connectivity index (χ4n) is 2.88. The van der Waals surface area contributed by atoms with Gasteiger partial charge in [0, 0.05) is 6.04 Å². The van der Waals surface area contributed by atoms with E-state index in [1.54, 1.807) is 0 Å². The Morgan fingerprint density at radius 2 is 1.94 bits per heavy atom. The van der Waals surface area contributed by atoms with Crippen LogP contribution in [-0.4, -0.2) is 24.8 Å². The van der Waals surface area contributed by atoms with Gasteiger partial charge in [-0.05, 0) is 45.6 Å². The highest BCUT2D eigenvalue weighted by molar-refractivity contribution is 4.84. The molecule has 1 saturated carbocycles. The first-order valence-corrected chi connectivity index (χ1v) is 8.16. The molecular formula is C16H33NO. The van der Waals surface area contributed by atoms with Crippen LogP contribution in [0, 0.1) is 0 Å². The lowest BCUT2D eigenvalue weighted by atomic mass is 10.1. The fourth-order valence-corrected chi connectivity index (χ4v) is 2.88. The molecule has 0 spiro atoms. The number of hydrogen-bond acceptors (Lipinski definition) is 2. The highest BCUT2D eigenvalue weighted by atomic mass is 16.5. The molecule has 0 aromatic heterocycles. The molecule has 0 amide bonds. The molecule has 2 nitrogen and oxygen atoms in total. The fraction of sp³-hybridized carbons (Fsp3) is 1.00. The summed E-state index contributed by atoms with van der Waals surface area (Å²) in [6, 6.07) is 0.614. The van der Waals surface area contributed by atoms with Crippen LogP contribution in [0.25, 0.3) is 0 Å². The van der Waals surface area contributed by atoms with Gasteiger partial charge >= 0.3 is 0 Å². The second kappa shape index (κ2) is 9.80. The predicted octanol–water partition coefficient (Wildman–Crippen LogP) is 4.28. The summed E-state index contributed by atoms with van der Waals surface area (Å²) >= 11 is 0. The van der Waals surface area contributed by atoms with Crippen LogP contribution in [0.1, 0.15) is 78.6 Å². The Morgan fingerprint density at radius 1 is 1.11 bits per heavy atom. The average Bonchev–Trinajstić information content (AvgIpc) is 2.79. The molecule has 0 radical (unpaired) electrons. The summed E-state index contributed by atoms with van der Waals surface area (Å²) in [4.78, 5) is 0. The Bertz CT molecular complexity index is 196. The first-order valence-electron chi connectivity index (χ1n) is 8.16. The number of nitrogens with one attached hydrogen (secondary N) is 1. The summed E-state index contributed by atoms with van der Waals surface area (Å²) in [5.41, 5.74) is 0. The molecule has 3 unspecified atom stereocenters. The zero-order valence-corrected chi connectivity index (χ0v) is 12.7. The van der Waals surface area contributed by atoms with Crippen molar-refractivity contribution in [3.8, 4) is 0 Å². The van der Waals surface area contributed by atoms with Gasteiger partial charge in [0.05, 0.1) is 12.2 Å². The van der Waals surface area contributed by atoms with E-state index in [4.69, 9.17) is 4.74 Å². The smallest absolute Gasteiger partial charge is 0.0731 e. The quantitative estimate of drug-likeness (QED) is 0.588. The molecule has 18 heavy (non-hydrogen) atoms. The molecule has 0 aromatic carbocycles. The van der Waals surface area contributed by atoms with Crippen molar-refractivity contribution in [2.75, 3.05) is 6.54 Å². The van der Waals surface area contributed by atoms with Crippen molar-refractivity contribution in [2.24, 2.45) is 0 Å². The third kappa shape index (κ3) is 6.19. The van der Waals surface area contributed by atoms with Crippen LogP contribution < -0.4 is 5.32 Å². The number of rotatable bonds is 10. The lowest BCUT2D eigenvalue weighted by molar-refractivity contribution is -0.0164. The van der Waals surface area contributed by atoms with E-state index < -0.39 is 0 Å². The van der Waals surface area contributed by atoms with E-state index in [-0.39, 0.29) is 0 Å². The maximum Gasteiger partial charge on any atom is 0.0731 e. The minimum atomic E-state index is 0.441. The van der Waals surface area contributed by atoms with E-state index in [0.717, 1.165) is 6.54 Å². The van der Waals surface area contributed by atoms with Gasteiger partial charge in [-0.25, -0.2) is 0 Å². The Balaban J connectivity index is 2.14. The third-order valence-electron chi connectivity index (χ3n) is 3.98. The van der Waals surface area contributed by atoms with Crippen LogP contribution >= 0.6 is 0 Å². The summed E-state index contributed by atoms with van der Waals surface area (Å²) in [7, 11) is 0. The molecule has 1 N–H and O–H groups in total. The molecular weight excluding hydrogens is 222 g/mol. The minimum Gasteiger partial charge on any atom is -0.374 e. The Kier molecular flexibility index (Phi) is 8.70. The van der Waals surface area contributed by atoms with Gasteiger partial charge in [0.1, 0.15) is 0 Å². The number of ether oxygens (including phenoxy) is 1. The largest absolute Gasteiger partial charge is 0.374 e. The van der Waals surface area contributed by atoms with E-state index in [0.29, 0.717) is 18.2 Å². The first-order chi connectivity index (χ1) is 8.77. The van der Waals surface area contributed by atoms with Crippen LogP contribution in [0.3, 0.4) is 0 Å². The molecule has 2 heteroatoms. The lowest BCUT2D eigenvalue weighted by Crippen LogP contribution is -2.39. The van der Waals surface area contributed by atoms with E-state index >= 15 is 0 Å². The van der Waals surface area contributed by atoms with Gasteiger partial charge in [-0.15, -0.1) is 0 Å². The summed E-state index contributed by atoms with van der Waals surface area (Å²) in [6.45, 7) is 7.88. The molecule has 1 aliphatic rings. The van der Waals surface area contributed by atoms with Gasteiger partial charge in [0.25, 0.3) is 0 Å². The molecule has 0 bridgehead atoms. The van der Waals surface area contributed by atoms with Gasteiger partial charge in [-0.1, -0.05) is 39.5 Å². The lowest BCUT2D eigenvalue weighted by Gasteiger charge is -2.25. The van der Waals surface area contributed by atoms with Gasteiger partial charge in [0.15, 0.2) is 0 Å². The van der Waals surface area contributed by atoms with Crippen molar-refractivity contribution < 1.29 is 4.74 Å². The molecule has 1 rings (SSSR count). The standard InChI is InChI=1S/C16H33NO/c1-4-6-7-8-10-14(3)18-16-12-9-11-15(16)17-13-5-2/h14-17H,4-13H2,1-3H3. The van der Waals surface area contributed by atoms with E-state index in [1.807, 2.05) is 0 Å². The average molecular weight is 255 g/mol. The van der Waals surface area contributed by atoms with E-state index in [2.05, 4.69) is 26.1 Å². The van der Waals surface area contributed by atoms with Gasteiger partial charge < -0.3 is 10.1 Å². The monoisotopic (exact) mass is 255 g/mol. The number of unbranched alkanes of at least 4 members (excludes halogenated alkanes) is 3. The summed E-state index contributed by atoms with van der Waals surface area (Å²) in [5.74, 6) is 0. The Hall–Kier alpha value is -0.0800. The third-order valence-corrected chi connectivity index (χ3v) is 3.98. The van der Waals surface area contributed by atoms with Crippen molar-refractivity contribution in [2.45, 2.75) is 96.8 Å². The topological polar surface area (TPSA) is 21.3 Å². The zero-order valence-electron chi connectivity index (χ0n) is 12.7. The maximum absolute atomic E-state index is 6.24. The van der Waals surface area contributed by atoms with Crippen molar-refractivity contribution in [3.63, 3.8) is 0 Å². The summed E-state index contributed by atoms with van der Waals surface area (Å²) in [6.07, 6.45) is 12.6. The molecule has 0 heterocycles. The zero-order chi connectivity index (χ0) is 13.2. The van der Waals surface area contributed by atoms with E-state index in [9.17, 15) is 0 Å². The second-order valence-corrected chi connectivity index (χ2v) is 5.83. The molecule has 3 atom stereocenters. The van der Waals surface area contributed by atoms with Crippen molar-refractivity contribution in [3.05, 3.63) is 0 Å². The number of hydrogen-bond donors (Lipinski definition) is 1. The molecule has 0 aromatic rings. The molecule has 1 fully saturated rings. The van der Waals surface area contributed by atoms with E-state index in [1.165, 1.54) is 57.8 Å². The van der Waals surface area contributed by atoms with Crippen LogP contribution in [0.4, 0.5) is 0 Å². The normalized spacial score (nSPS) is 25.5. The molecule has 1 aliphatic carbocycles. The van der Waals surface area contributed by atoms with Crippen LogP contribution in [0.2, 0.25) is 0 Å². The van der Waals surface area contributed by atoms with Crippen LogP contribution in [0.15, 0.2) is 0 Å². The van der Waals surface area contributed by atoms with Gasteiger partial charge in [-0.2, -0.15) is 0 Å². The van der Waals surface area contributed by atoms with Gasteiger partial charge in [-0.3, -0.25) is 0 Å². The molecule has 108 valence electrons. The SMILES string of the molecule is CCCCCCC(C)OC1CCCC1NCCC. The van der Waals surface area contributed by atoms with Crippen LogP contribution in [-0.2, 0) is 4.74 Å². The first kappa shape index (κ1) is 16.0. The Morgan fingerprint density at radius 3 is 2.67 bits per heavy atom. The summed E-state index contributed by atoms with van der Waals surface area (Å²) < 4.78 is 6.24. The van der Waals surface area contributed by atoms with Crippen LogP contribution in [0.5, 0.6) is 0 Å². The predicted molar refractivity (Wildman–Crippen MR) is 79.0 cm³/mol. The van der Waals surface area contributed by atoms with Gasteiger partial charge in [0.2, 0.25) is 0 Å².